The van der Waals surface area contributed by atoms with Crippen molar-refractivity contribution in [1.82, 2.24) is 0 Å². The van der Waals surface area contributed by atoms with Crippen LogP contribution in [0, 0.1) is 0 Å². The standard InChI is InChI=1S/C11H16S/c1-9(2)11-7-5-4-6-10(11)8-12-3/h4-7,9H,8H2,1-3H3. The molecule has 0 saturated heterocycles. The van der Waals surface area contributed by atoms with E-state index >= 15 is 0 Å². The Bertz CT molecular complexity index is 241. The molecule has 0 saturated carbocycles. The van der Waals surface area contributed by atoms with Crippen molar-refractivity contribution in [2.75, 3.05) is 6.26 Å². The molecule has 0 nitrogen and oxygen atoms in total. The predicted molar refractivity (Wildman–Crippen MR) is 57.8 cm³/mol. The molecule has 0 aliphatic carbocycles. The van der Waals surface area contributed by atoms with Crippen molar-refractivity contribution in [3.63, 3.8) is 0 Å². The van der Waals surface area contributed by atoms with Gasteiger partial charge in [-0.2, -0.15) is 11.8 Å². The van der Waals surface area contributed by atoms with Gasteiger partial charge in [0.05, 0.1) is 0 Å². The molecule has 0 atom stereocenters. The maximum absolute atomic E-state index is 2.25. The maximum Gasteiger partial charge on any atom is 0.0184 e. The van der Waals surface area contributed by atoms with Crippen molar-refractivity contribution in [1.29, 1.82) is 0 Å². The molecule has 0 heterocycles. The van der Waals surface area contributed by atoms with Gasteiger partial charge in [0.25, 0.3) is 0 Å². The van der Waals surface area contributed by atoms with Gasteiger partial charge in [0.2, 0.25) is 0 Å². The van der Waals surface area contributed by atoms with E-state index in [0.717, 1.165) is 5.75 Å². The minimum Gasteiger partial charge on any atom is -0.161 e. The summed E-state index contributed by atoms with van der Waals surface area (Å²) in [6.07, 6.45) is 2.15. The summed E-state index contributed by atoms with van der Waals surface area (Å²) in [4.78, 5) is 0. The Kier molecular flexibility index (Phi) is 3.67. The van der Waals surface area contributed by atoms with Gasteiger partial charge >= 0.3 is 0 Å². The summed E-state index contributed by atoms with van der Waals surface area (Å²) < 4.78 is 0. The van der Waals surface area contributed by atoms with Crippen LogP contribution in [-0.2, 0) is 5.75 Å². The fourth-order valence-corrected chi connectivity index (χ4v) is 1.96. The molecule has 0 aromatic heterocycles. The first-order chi connectivity index (χ1) is 5.75. The van der Waals surface area contributed by atoms with Crippen LogP contribution in [0.25, 0.3) is 0 Å². The van der Waals surface area contributed by atoms with Crippen LogP contribution in [0.5, 0.6) is 0 Å². The van der Waals surface area contributed by atoms with Gasteiger partial charge in [0.15, 0.2) is 0 Å². The van der Waals surface area contributed by atoms with Crippen LogP contribution in [0.3, 0.4) is 0 Å². The summed E-state index contributed by atoms with van der Waals surface area (Å²) in [6.45, 7) is 4.50. The Hall–Kier alpha value is -0.430. The van der Waals surface area contributed by atoms with Gasteiger partial charge in [0.1, 0.15) is 0 Å². The molecule has 12 heavy (non-hydrogen) atoms. The molecule has 0 aliphatic heterocycles. The molecule has 1 aromatic carbocycles. The number of thioether (sulfide) groups is 1. The van der Waals surface area contributed by atoms with E-state index in [1.54, 1.807) is 0 Å². The average molecular weight is 180 g/mol. The summed E-state index contributed by atoms with van der Waals surface area (Å²) in [5.41, 5.74) is 2.98. The van der Waals surface area contributed by atoms with Crippen LogP contribution < -0.4 is 0 Å². The fourth-order valence-electron chi connectivity index (χ4n) is 1.38. The monoisotopic (exact) mass is 180 g/mol. The number of hydrogen-bond acceptors (Lipinski definition) is 1. The molecule has 0 fully saturated rings. The van der Waals surface area contributed by atoms with Crippen molar-refractivity contribution < 1.29 is 0 Å². The van der Waals surface area contributed by atoms with Gasteiger partial charge < -0.3 is 0 Å². The molecule has 1 aromatic rings. The summed E-state index contributed by atoms with van der Waals surface area (Å²) in [5, 5.41) is 0. The molecular weight excluding hydrogens is 164 g/mol. The zero-order chi connectivity index (χ0) is 8.97. The van der Waals surface area contributed by atoms with Gasteiger partial charge in [-0.25, -0.2) is 0 Å². The lowest BCUT2D eigenvalue weighted by Gasteiger charge is -2.10. The minimum absolute atomic E-state index is 0.647. The van der Waals surface area contributed by atoms with E-state index in [0.29, 0.717) is 5.92 Å². The van der Waals surface area contributed by atoms with Crippen molar-refractivity contribution in [2.24, 2.45) is 0 Å². The number of rotatable bonds is 3. The highest BCUT2D eigenvalue weighted by molar-refractivity contribution is 7.97. The van der Waals surface area contributed by atoms with Crippen molar-refractivity contribution in [3.8, 4) is 0 Å². The fraction of sp³-hybridized carbons (Fsp3) is 0.455. The minimum atomic E-state index is 0.647. The van der Waals surface area contributed by atoms with Crippen LogP contribution in [0.4, 0.5) is 0 Å². The average Bonchev–Trinajstić information content (AvgIpc) is 2.05. The zero-order valence-corrected chi connectivity index (χ0v) is 8.82. The van der Waals surface area contributed by atoms with Crippen LogP contribution in [0.15, 0.2) is 24.3 Å². The molecule has 0 spiro atoms. The Morgan fingerprint density at radius 1 is 1.25 bits per heavy atom. The van der Waals surface area contributed by atoms with Gasteiger partial charge in [-0.3, -0.25) is 0 Å². The van der Waals surface area contributed by atoms with E-state index in [1.807, 2.05) is 11.8 Å². The second-order valence-corrected chi connectivity index (χ2v) is 4.15. The third-order valence-corrected chi connectivity index (χ3v) is 2.58. The third kappa shape index (κ3) is 2.28. The maximum atomic E-state index is 2.25. The van der Waals surface area contributed by atoms with Crippen LogP contribution in [-0.4, -0.2) is 6.26 Å². The highest BCUT2D eigenvalue weighted by Gasteiger charge is 2.03. The van der Waals surface area contributed by atoms with E-state index in [2.05, 4.69) is 44.4 Å². The molecule has 1 rings (SSSR count). The van der Waals surface area contributed by atoms with Crippen LogP contribution in [0.2, 0.25) is 0 Å². The highest BCUT2D eigenvalue weighted by atomic mass is 32.2. The van der Waals surface area contributed by atoms with Crippen molar-refractivity contribution in [3.05, 3.63) is 35.4 Å². The molecule has 0 bridgehead atoms. The Balaban J connectivity index is 2.92. The molecule has 0 unspecified atom stereocenters. The molecule has 0 amide bonds. The van der Waals surface area contributed by atoms with E-state index in [4.69, 9.17) is 0 Å². The number of benzene rings is 1. The zero-order valence-electron chi connectivity index (χ0n) is 8.00. The molecular formula is C11H16S. The second kappa shape index (κ2) is 4.56. The summed E-state index contributed by atoms with van der Waals surface area (Å²) >= 11 is 1.89. The first-order valence-corrected chi connectivity index (χ1v) is 5.72. The van der Waals surface area contributed by atoms with Crippen LogP contribution in [0.1, 0.15) is 30.9 Å². The van der Waals surface area contributed by atoms with Crippen LogP contribution >= 0.6 is 11.8 Å². The summed E-state index contributed by atoms with van der Waals surface area (Å²) in [5.74, 6) is 1.78. The molecule has 0 radical (unpaired) electrons. The quantitative estimate of drug-likeness (QED) is 0.684. The highest BCUT2D eigenvalue weighted by Crippen LogP contribution is 2.21. The summed E-state index contributed by atoms with van der Waals surface area (Å²) in [6, 6.07) is 8.71. The lowest BCUT2D eigenvalue weighted by atomic mass is 9.98. The normalized spacial score (nSPS) is 10.7. The molecule has 1 heteroatoms. The van der Waals surface area contributed by atoms with Gasteiger partial charge in [0, 0.05) is 5.75 Å². The lowest BCUT2D eigenvalue weighted by molar-refractivity contribution is 0.855. The van der Waals surface area contributed by atoms with Crippen molar-refractivity contribution in [2.45, 2.75) is 25.5 Å². The molecule has 0 N–H and O–H groups in total. The van der Waals surface area contributed by atoms with E-state index in [-0.39, 0.29) is 0 Å². The second-order valence-electron chi connectivity index (χ2n) is 3.29. The van der Waals surface area contributed by atoms with Gasteiger partial charge in [-0.1, -0.05) is 38.1 Å². The van der Waals surface area contributed by atoms with Gasteiger partial charge in [-0.05, 0) is 23.3 Å². The largest absolute Gasteiger partial charge is 0.161 e. The number of hydrogen-bond donors (Lipinski definition) is 0. The van der Waals surface area contributed by atoms with Crippen molar-refractivity contribution >= 4 is 11.8 Å². The molecule has 0 aliphatic rings. The lowest BCUT2D eigenvalue weighted by Crippen LogP contribution is -1.93. The first kappa shape index (κ1) is 9.66. The smallest absolute Gasteiger partial charge is 0.0184 e. The van der Waals surface area contributed by atoms with E-state index in [9.17, 15) is 0 Å². The topological polar surface area (TPSA) is 0 Å². The predicted octanol–water partition coefficient (Wildman–Crippen LogP) is 3.67. The summed E-state index contributed by atoms with van der Waals surface area (Å²) in [7, 11) is 0. The molecule has 66 valence electrons. The Morgan fingerprint density at radius 2 is 1.92 bits per heavy atom. The Labute approximate surface area is 79.4 Å². The SMILES string of the molecule is CSCc1ccccc1C(C)C. The van der Waals surface area contributed by atoms with Gasteiger partial charge in [-0.15, -0.1) is 0 Å². The Morgan fingerprint density at radius 3 is 2.50 bits per heavy atom. The van der Waals surface area contributed by atoms with E-state index < -0.39 is 0 Å². The first-order valence-electron chi connectivity index (χ1n) is 4.32. The van der Waals surface area contributed by atoms with E-state index in [1.165, 1.54) is 11.1 Å². The third-order valence-electron chi connectivity index (χ3n) is 1.98.